The summed E-state index contributed by atoms with van der Waals surface area (Å²) in [6.07, 6.45) is -0.0448. The van der Waals surface area contributed by atoms with Crippen LogP contribution in [0, 0.1) is 6.92 Å². The monoisotopic (exact) mass is 549 g/mol. The van der Waals surface area contributed by atoms with Crippen LogP contribution in [-0.4, -0.2) is 34.9 Å². The first-order valence-corrected chi connectivity index (χ1v) is 12.4. The summed E-state index contributed by atoms with van der Waals surface area (Å²) in [5.74, 6) is -0.275. The van der Waals surface area contributed by atoms with Gasteiger partial charge in [-0.15, -0.1) is 0 Å². The number of nitrogens with zero attached hydrogens (tertiary/aromatic N) is 1. The molecule has 186 valence electrons. The third-order valence-corrected chi connectivity index (χ3v) is 6.92. The largest absolute Gasteiger partial charge is 0.507 e. The maximum atomic E-state index is 13.3. The van der Waals surface area contributed by atoms with Gasteiger partial charge in [-0.2, -0.15) is 0 Å². The third-order valence-electron chi connectivity index (χ3n) is 6.03. The number of ether oxygens (including phenoxy) is 2. The maximum Gasteiger partial charge on any atom is 0.295 e. The van der Waals surface area contributed by atoms with Crippen molar-refractivity contribution >= 4 is 33.4 Å². The van der Waals surface area contributed by atoms with Gasteiger partial charge in [0.2, 0.25) is 0 Å². The van der Waals surface area contributed by atoms with Gasteiger partial charge < -0.3 is 19.5 Å². The Balaban J connectivity index is 1.85. The van der Waals surface area contributed by atoms with Crippen molar-refractivity contribution in [2.75, 3.05) is 7.11 Å². The van der Waals surface area contributed by atoms with E-state index in [0.717, 1.165) is 15.6 Å². The fourth-order valence-corrected chi connectivity index (χ4v) is 4.54. The second kappa shape index (κ2) is 10.6. The Hall–Kier alpha value is -3.58. The van der Waals surface area contributed by atoms with Gasteiger partial charge in [-0.1, -0.05) is 46.3 Å². The quantitative estimate of drug-likeness (QED) is 0.216. The molecule has 0 saturated carbocycles. The van der Waals surface area contributed by atoms with Crippen molar-refractivity contribution in [2.45, 2.75) is 39.5 Å². The van der Waals surface area contributed by atoms with E-state index in [1.807, 2.05) is 75.4 Å². The van der Waals surface area contributed by atoms with Crippen molar-refractivity contribution in [2.24, 2.45) is 0 Å². The highest BCUT2D eigenvalue weighted by atomic mass is 79.9. The number of amides is 1. The smallest absolute Gasteiger partial charge is 0.295 e. The SMILES string of the molecule is COc1ccc(CN2C(=O)C(=O)/C(=C(\O)c3ccc(Br)c(C)c3)C2c2cccc(OC(C)C)c2)cc1. The molecule has 3 aromatic rings. The van der Waals surface area contributed by atoms with Crippen molar-refractivity contribution in [1.82, 2.24) is 4.90 Å². The summed E-state index contributed by atoms with van der Waals surface area (Å²) in [7, 11) is 1.59. The molecule has 0 radical (unpaired) electrons. The van der Waals surface area contributed by atoms with Gasteiger partial charge in [0, 0.05) is 16.6 Å². The number of hydrogen-bond donors (Lipinski definition) is 1. The van der Waals surface area contributed by atoms with Gasteiger partial charge >= 0.3 is 0 Å². The van der Waals surface area contributed by atoms with E-state index in [-0.39, 0.29) is 24.0 Å². The minimum Gasteiger partial charge on any atom is -0.507 e. The van der Waals surface area contributed by atoms with Gasteiger partial charge in [-0.05, 0) is 73.9 Å². The molecule has 6 nitrogen and oxygen atoms in total. The Bertz CT molecular complexity index is 1330. The fraction of sp³-hybridized carbons (Fsp3) is 0.241. The summed E-state index contributed by atoms with van der Waals surface area (Å²) in [4.78, 5) is 28.2. The molecule has 0 aliphatic carbocycles. The summed E-state index contributed by atoms with van der Waals surface area (Å²) in [5, 5.41) is 11.3. The Morgan fingerprint density at radius 2 is 1.75 bits per heavy atom. The number of carbonyl (C=O) groups excluding carboxylic acids is 2. The molecule has 36 heavy (non-hydrogen) atoms. The summed E-state index contributed by atoms with van der Waals surface area (Å²) < 4.78 is 12.0. The van der Waals surface area contributed by atoms with Crippen LogP contribution in [0.3, 0.4) is 0 Å². The molecule has 1 aliphatic rings. The van der Waals surface area contributed by atoms with Crippen molar-refractivity contribution in [1.29, 1.82) is 0 Å². The number of aliphatic hydroxyl groups excluding tert-OH is 1. The molecule has 1 aliphatic heterocycles. The highest BCUT2D eigenvalue weighted by Gasteiger charge is 2.46. The second-order valence-electron chi connectivity index (χ2n) is 8.98. The lowest BCUT2D eigenvalue weighted by Gasteiger charge is -2.26. The zero-order valence-electron chi connectivity index (χ0n) is 20.6. The van der Waals surface area contributed by atoms with Crippen LogP contribution in [-0.2, 0) is 16.1 Å². The number of ketones is 1. The van der Waals surface area contributed by atoms with Crippen LogP contribution in [0.1, 0.15) is 42.1 Å². The molecule has 1 heterocycles. The molecule has 0 aromatic heterocycles. The molecule has 1 fully saturated rings. The number of hydrogen-bond acceptors (Lipinski definition) is 5. The topological polar surface area (TPSA) is 76.1 Å². The molecule has 1 saturated heterocycles. The number of rotatable bonds is 7. The zero-order chi connectivity index (χ0) is 26.0. The average molecular weight is 550 g/mol. The van der Waals surface area contributed by atoms with E-state index in [2.05, 4.69) is 15.9 Å². The fourth-order valence-electron chi connectivity index (χ4n) is 4.29. The third kappa shape index (κ3) is 5.16. The van der Waals surface area contributed by atoms with E-state index in [1.54, 1.807) is 19.2 Å². The lowest BCUT2D eigenvalue weighted by molar-refractivity contribution is -0.140. The summed E-state index contributed by atoms with van der Waals surface area (Å²) >= 11 is 3.47. The molecular formula is C29H28BrNO5. The van der Waals surface area contributed by atoms with E-state index < -0.39 is 17.7 Å². The van der Waals surface area contributed by atoms with E-state index >= 15 is 0 Å². The molecule has 1 unspecified atom stereocenters. The minimum absolute atomic E-state index is 0.0448. The van der Waals surface area contributed by atoms with E-state index in [4.69, 9.17) is 9.47 Å². The highest BCUT2D eigenvalue weighted by molar-refractivity contribution is 9.10. The van der Waals surface area contributed by atoms with Crippen LogP contribution in [0.15, 0.2) is 76.8 Å². The number of Topliss-reactive ketones (excluding diaryl/α,β-unsaturated/α-hetero) is 1. The normalized spacial score (nSPS) is 17.1. The number of likely N-dealkylation sites (tertiary alicyclic amines) is 1. The maximum absolute atomic E-state index is 13.3. The standard InChI is InChI=1S/C29H28BrNO5/c1-17(2)36-23-7-5-6-20(15-23)26-25(27(32)21-10-13-24(30)18(3)14-21)28(33)29(34)31(26)16-19-8-11-22(35-4)12-9-19/h5-15,17,26,32H,16H2,1-4H3/b27-25-. The molecule has 1 N–H and O–H groups in total. The van der Waals surface area contributed by atoms with Gasteiger partial charge in [0.05, 0.1) is 24.8 Å². The summed E-state index contributed by atoms with van der Waals surface area (Å²) in [6, 6.07) is 19.2. The van der Waals surface area contributed by atoms with Crippen molar-refractivity contribution in [3.8, 4) is 11.5 Å². The molecule has 1 atom stereocenters. The highest BCUT2D eigenvalue weighted by Crippen LogP contribution is 2.41. The number of methoxy groups -OCH3 is 1. The van der Waals surface area contributed by atoms with Crippen molar-refractivity contribution in [3.63, 3.8) is 0 Å². The predicted octanol–water partition coefficient (Wildman–Crippen LogP) is 6.18. The molecule has 7 heteroatoms. The van der Waals surface area contributed by atoms with Gasteiger partial charge in [0.15, 0.2) is 0 Å². The average Bonchev–Trinajstić information content (AvgIpc) is 3.10. The second-order valence-corrected chi connectivity index (χ2v) is 9.83. The Labute approximate surface area is 219 Å². The Morgan fingerprint density at radius 1 is 1.03 bits per heavy atom. The van der Waals surface area contributed by atoms with Gasteiger partial charge in [0.25, 0.3) is 11.7 Å². The van der Waals surface area contributed by atoms with Crippen LogP contribution in [0.5, 0.6) is 11.5 Å². The Kier molecular flexibility index (Phi) is 7.50. The minimum atomic E-state index is -0.785. The molecule has 1 amide bonds. The van der Waals surface area contributed by atoms with Crippen molar-refractivity contribution in [3.05, 3.63) is 99.0 Å². The van der Waals surface area contributed by atoms with E-state index in [0.29, 0.717) is 22.6 Å². The molecule has 3 aromatic carbocycles. The van der Waals surface area contributed by atoms with Crippen LogP contribution in [0.2, 0.25) is 0 Å². The first-order chi connectivity index (χ1) is 17.2. The Morgan fingerprint density at radius 3 is 2.39 bits per heavy atom. The molecular weight excluding hydrogens is 522 g/mol. The number of aryl methyl sites for hydroxylation is 1. The summed E-state index contributed by atoms with van der Waals surface area (Å²) in [5.41, 5.74) is 2.93. The lowest BCUT2D eigenvalue weighted by Crippen LogP contribution is -2.29. The van der Waals surface area contributed by atoms with E-state index in [1.165, 1.54) is 4.90 Å². The summed E-state index contributed by atoms with van der Waals surface area (Å²) in [6.45, 7) is 5.94. The van der Waals surface area contributed by atoms with Crippen LogP contribution in [0.4, 0.5) is 0 Å². The van der Waals surface area contributed by atoms with E-state index in [9.17, 15) is 14.7 Å². The molecule has 0 bridgehead atoms. The van der Waals surface area contributed by atoms with Gasteiger partial charge in [-0.25, -0.2) is 0 Å². The first-order valence-electron chi connectivity index (χ1n) is 11.6. The number of carbonyl (C=O) groups is 2. The van der Waals surface area contributed by atoms with Crippen LogP contribution in [0.25, 0.3) is 5.76 Å². The predicted molar refractivity (Wildman–Crippen MR) is 142 cm³/mol. The number of halogens is 1. The van der Waals surface area contributed by atoms with Gasteiger partial charge in [0.1, 0.15) is 17.3 Å². The number of benzene rings is 3. The van der Waals surface area contributed by atoms with Crippen LogP contribution >= 0.6 is 15.9 Å². The molecule has 4 rings (SSSR count). The van der Waals surface area contributed by atoms with Crippen LogP contribution < -0.4 is 9.47 Å². The molecule has 0 spiro atoms. The number of aliphatic hydroxyl groups is 1. The van der Waals surface area contributed by atoms with Gasteiger partial charge in [-0.3, -0.25) is 9.59 Å². The lowest BCUT2D eigenvalue weighted by atomic mass is 9.94. The first kappa shape index (κ1) is 25.5. The zero-order valence-corrected chi connectivity index (χ0v) is 22.2. The van der Waals surface area contributed by atoms with Crippen molar-refractivity contribution < 1.29 is 24.2 Å².